The predicted octanol–water partition coefficient (Wildman–Crippen LogP) is 1.11. The monoisotopic (exact) mass is 311 g/mol. The molecular formula is C14H18ClN3O3. The van der Waals surface area contributed by atoms with Gasteiger partial charge in [-0.15, -0.1) is 0 Å². The lowest BCUT2D eigenvalue weighted by atomic mass is 10.2. The Kier molecular flexibility index (Phi) is 5.03. The van der Waals surface area contributed by atoms with Crippen molar-refractivity contribution in [1.29, 1.82) is 0 Å². The van der Waals surface area contributed by atoms with Crippen molar-refractivity contribution in [2.75, 3.05) is 32.1 Å². The van der Waals surface area contributed by atoms with Crippen LogP contribution in [0.2, 0.25) is 5.02 Å². The summed E-state index contributed by atoms with van der Waals surface area (Å²) < 4.78 is 5.19. The summed E-state index contributed by atoms with van der Waals surface area (Å²) in [5.41, 5.74) is 0.517. The van der Waals surface area contributed by atoms with Crippen molar-refractivity contribution in [1.82, 2.24) is 10.2 Å². The van der Waals surface area contributed by atoms with Gasteiger partial charge in [0.2, 0.25) is 11.8 Å². The van der Waals surface area contributed by atoms with Crippen molar-refractivity contribution in [3.63, 3.8) is 0 Å². The quantitative estimate of drug-likeness (QED) is 0.874. The molecule has 1 aliphatic heterocycles. The number of hydrogen-bond acceptors (Lipinski definition) is 4. The molecule has 114 valence electrons. The Bertz CT molecular complexity index is 550. The molecule has 2 N–H and O–H groups in total. The first-order valence-corrected chi connectivity index (χ1v) is 7.04. The van der Waals surface area contributed by atoms with Gasteiger partial charge in [0, 0.05) is 18.1 Å². The molecule has 0 saturated carbocycles. The van der Waals surface area contributed by atoms with E-state index in [4.69, 9.17) is 16.3 Å². The average molecular weight is 312 g/mol. The molecule has 2 amide bonds. The van der Waals surface area contributed by atoms with Gasteiger partial charge in [0.15, 0.2) is 0 Å². The Balaban J connectivity index is 2.06. The van der Waals surface area contributed by atoms with Crippen molar-refractivity contribution >= 4 is 29.1 Å². The minimum absolute atomic E-state index is 0.0683. The summed E-state index contributed by atoms with van der Waals surface area (Å²) in [5.74, 6) is 0.267. The molecule has 6 nitrogen and oxygen atoms in total. The molecule has 1 aliphatic rings. The molecule has 0 aromatic heterocycles. The van der Waals surface area contributed by atoms with E-state index in [0.29, 0.717) is 29.5 Å². The summed E-state index contributed by atoms with van der Waals surface area (Å²) in [7, 11) is 1.53. The number of carbonyl (C=O) groups excluding carboxylic acids is 2. The Labute approximate surface area is 128 Å². The number of halogens is 1. The molecule has 21 heavy (non-hydrogen) atoms. The van der Waals surface area contributed by atoms with Crippen molar-refractivity contribution in [3.8, 4) is 5.75 Å². The number of rotatable bonds is 4. The van der Waals surface area contributed by atoms with E-state index < -0.39 is 6.04 Å². The van der Waals surface area contributed by atoms with Gasteiger partial charge in [-0.25, -0.2) is 0 Å². The van der Waals surface area contributed by atoms with E-state index >= 15 is 0 Å². The number of nitrogens with one attached hydrogen (secondary N) is 2. The summed E-state index contributed by atoms with van der Waals surface area (Å²) in [5, 5.41) is 6.03. The van der Waals surface area contributed by atoms with Crippen LogP contribution in [0.15, 0.2) is 18.2 Å². The fraction of sp³-hybridized carbons (Fsp3) is 0.429. The molecule has 1 aromatic rings. The topological polar surface area (TPSA) is 70.7 Å². The number of amides is 2. The van der Waals surface area contributed by atoms with Crippen molar-refractivity contribution < 1.29 is 14.3 Å². The van der Waals surface area contributed by atoms with Gasteiger partial charge in [-0.2, -0.15) is 0 Å². The molecule has 0 spiro atoms. The number of methoxy groups -OCH3 is 1. The number of benzene rings is 1. The third-order valence-electron chi connectivity index (χ3n) is 3.41. The van der Waals surface area contributed by atoms with E-state index in [9.17, 15) is 9.59 Å². The van der Waals surface area contributed by atoms with Gasteiger partial charge in [0.1, 0.15) is 5.75 Å². The Morgan fingerprint density at radius 1 is 1.52 bits per heavy atom. The first-order chi connectivity index (χ1) is 10.0. The Hall–Kier alpha value is -1.79. The SMILES string of the molecule is COc1ccc(Cl)cc1NC(=O)[C@@H](C)N1CCNC(=O)C1. The lowest BCUT2D eigenvalue weighted by Crippen LogP contribution is -2.53. The summed E-state index contributed by atoms with van der Waals surface area (Å²) in [6.45, 7) is 3.19. The maximum atomic E-state index is 12.3. The predicted molar refractivity (Wildman–Crippen MR) is 80.7 cm³/mol. The van der Waals surface area contributed by atoms with E-state index in [-0.39, 0.29) is 18.4 Å². The van der Waals surface area contributed by atoms with E-state index in [2.05, 4.69) is 10.6 Å². The second kappa shape index (κ2) is 6.78. The van der Waals surface area contributed by atoms with Gasteiger partial charge in [-0.3, -0.25) is 14.5 Å². The molecule has 0 radical (unpaired) electrons. The van der Waals surface area contributed by atoms with Gasteiger partial charge in [0.25, 0.3) is 0 Å². The molecule has 0 bridgehead atoms. The van der Waals surface area contributed by atoms with Crippen LogP contribution in [0.1, 0.15) is 6.92 Å². The van der Waals surface area contributed by atoms with Crippen LogP contribution in [0.25, 0.3) is 0 Å². The fourth-order valence-corrected chi connectivity index (χ4v) is 2.34. The standard InChI is InChI=1S/C14H18ClN3O3/c1-9(18-6-5-16-13(19)8-18)14(20)17-11-7-10(15)3-4-12(11)21-2/h3-4,7,9H,5-6,8H2,1-2H3,(H,16,19)(H,17,20)/t9-/m1/s1. The van der Waals surface area contributed by atoms with Crippen LogP contribution in [0.3, 0.4) is 0 Å². The second-order valence-electron chi connectivity index (χ2n) is 4.83. The van der Waals surface area contributed by atoms with Gasteiger partial charge >= 0.3 is 0 Å². The summed E-state index contributed by atoms with van der Waals surface area (Å²) in [4.78, 5) is 25.5. The number of anilines is 1. The van der Waals surface area contributed by atoms with E-state index in [1.54, 1.807) is 25.1 Å². The third-order valence-corrected chi connectivity index (χ3v) is 3.65. The molecule has 2 rings (SSSR count). The zero-order valence-corrected chi connectivity index (χ0v) is 12.7. The average Bonchev–Trinajstić information content (AvgIpc) is 2.46. The summed E-state index contributed by atoms with van der Waals surface area (Å²) in [6.07, 6.45) is 0. The van der Waals surface area contributed by atoms with E-state index in [1.807, 2.05) is 4.90 Å². The Morgan fingerprint density at radius 3 is 2.95 bits per heavy atom. The van der Waals surface area contributed by atoms with Crippen molar-refractivity contribution in [2.45, 2.75) is 13.0 Å². The van der Waals surface area contributed by atoms with Gasteiger partial charge in [0.05, 0.1) is 25.4 Å². The highest BCUT2D eigenvalue weighted by Crippen LogP contribution is 2.27. The fourth-order valence-electron chi connectivity index (χ4n) is 2.17. The number of piperazine rings is 1. The molecule has 0 aliphatic carbocycles. The van der Waals surface area contributed by atoms with Crippen LogP contribution in [-0.4, -0.2) is 49.5 Å². The minimum atomic E-state index is -0.417. The molecule has 1 aromatic carbocycles. The largest absolute Gasteiger partial charge is 0.495 e. The van der Waals surface area contributed by atoms with Crippen LogP contribution in [0.5, 0.6) is 5.75 Å². The summed E-state index contributed by atoms with van der Waals surface area (Å²) in [6, 6.07) is 4.60. The van der Waals surface area contributed by atoms with E-state index in [0.717, 1.165) is 0 Å². The smallest absolute Gasteiger partial charge is 0.241 e. The van der Waals surface area contributed by atoms with Crippen LogP contribution in [0.4, 0.5) is 5.69 Å². The number of carbonyl (C=O) groups is 2. The molecule has 0 unspecified atom stereocenters. The Morgan fingerprint density at radius 2 is 2.29 bits per heavy atom. The van der Waals surface area contributed by atoms with Gasteiger partial charge < -0.3 is 15.4 Å². The van der Waals surface area contributed by atoms with Gasteiger partial charge in [-0.05, 0) is 25.1 Å². The lowest BCUT2D eigenvalue weighted by Gasteiger charge is -2.31. The highest BCUT2D eigenvalue weighted by Gasteiger charge is 2.26. The molecule has 1 atom stereocenters. The molecule has 1 saturated heterocycles. The first-order valence-electron chi connectivity index (χ1n) is 6.66. The normalized spacial score (nSPS) is 17.0. The molecular weight excluding hydrogens is 294 g/mol. The highest BCUT2D eigenvalue weighted by molar-refractivity contribution is 6.31. The van der Waals surface area contributed by atoms with Crippen LogP contribution in [-0.2, 0) is 9.59 Å². The van der Waals surface area contributed by atoms with Gasteiger partial charge in [-0.1, -0.05) is 11.6 Å². The van der Waals surface area contributed by atoms with Crippen molar-refractivity contribution in [2.24, 2.45) is 0 Å². The third kappa shape index (κ3) is 3.86. The van der Waals surface area contributed by atoms with Crippen molar-refractivity contribution in [3.05, 3.63) is 23.2 Å². The molecule has 1 fully saturated rings. The molecule has 1 heterocycles. The zero-order chi connectivity index (χ0) is 15.4. The molecule has 7 heteroatoms. The maximum absolute atomic E-state index is 12.3. The number of hydrogen-bond donors (Lipinski definition) is 2. The maximum Gasteiger partial charge on any atom is 0.241 e. The van der Waals surface area contributed by atoms with Crippen LogP contribution in [0, 0.1) is 0 Å². The first kappa shape index (κ1) is 15.6. The zero-order valence-electron chi connectivity index (χ0n) is 12.0. The number of nitrogens with zero attached hydrogens (tertiary/aromatic N) is 1. The second-order valence-corrected chi connectivity index (χ2v) is 5.27. The van der Waals surface area contributed by atoms with Crippen LogP contribution >= 0.6 is 11.6 Å². The lowest BCUT2D eigenvalue weighted by molar-refractivity contribution is -0.127. The highest BCUT2D eigenvalue weighted by atomic mass is 35.5. The minimum Gasteiger partial charge on any atom is -0.495 e. The van der Waals surface area contributed by atoms with Crippen LogP contribution < -0.4 is 15.4 Å². The number of ether oxygens (including phenoxy) is 1. The van der Waals surface area contributed by atoms with E-state index in [1.165, 1.54) is 7.11 Å². The summed E-state index contributed by atoms with van der Waals surface area (Å²) >= 11 is 5.93.